The largest absolute Gasteiger partial charge is 0.443 e. The minimum absolute atomic E-state index is 0.346. The quantitative estimate of drug-likeness (QED) is 0.679. The summed E-state index contributed by atoms with van der Waals surface area (Å²) in [6.45, 7) is 0. The van der Waals surface area contributed by atoms with Gasteiger partial charge in [0.15, 0.2) is 10.8 Å². The van der Waals surface area contributed by atoms with Crippen LogP contribution in [0.2, 0.25) is 0 Å². The second kappa shape index (κ2) is 6.05. The lowest BCUT2D eigenvalue weighted by molar-refractivity contribution is -0.119. The van der Waals surface area contributed by atoms with Crippen LogP contribution in [0.5, 0.6) is 0 Å². The van der Waals surface area contributed by atoms with Gasteiger partial charge in [0, 0.05) is 0 Å². The molecule has 1 aliphatic heterocycles. The van der Waals surface area contributed by atoms with Crippen LogP contribution >= 0.6 is 0 Å². The lowest BCUT2D eigenvalue weighted by Gasteiger charge is -2.29. The molecule has 1 amide bonds. The van der Waals surface area contributed by atoms with E-state index in [1.54, 1.807) is 0 Å². The summed E-state index contributed by atoms with van der Waals surface area (Å²) >= 11 is 0. The van der Waals surface area contributed by atoms with Crippen molar-refractivity contribution in [2.24, 2.45) is 0 Å². The van der Waals surface area contributed by atoms with Gasteiger partial charge in [0.05, 0.1) is 11.3 Å². The Balaban J connectivity index is 2.12. The van der Waals surface area contributed by atoms with Gasteiger partial charge in [0.1, 0.15) is 0 Å². The van der Waals surface area contributed by atoms with Crippen molar-refractivity contribution in [3.05, 3.63) is 77.3 Å². The highest BCUT2D eigenvalue weighted by Gasteiger charge is 2.46. The fourth-order valence-electron chi connectivity index (χ4n) is 2.58. The normalized spacial score (nSPS) is 24.5. The first-order chi connectivity index (χ1) is 10.7. The standard InChI is InChI=1S/C16H13N3O2S/c17-19-16-15(20)18-13(11-7-3-1-4-8-11)14(22(16)21)12-9-5-2-6-10-12/h1-10,13-14H,(H,18,20)/t13-,14+,22-/m0/s1. The molecule has 5 nitrogen and oxygen atoms in total. The van der Waals surface area contributed by atoms with Crippen molar-refractivity contribution in [2.75, 3.05) is 0 Å². The molecule has 0 bridgehead atoms. The zero-order valence-corrected chi connectivity index (χ0v) is 12.4. The number of carbonyl (C=O) groups excluding carboxylic acids is 1. The van der Waals surface area contributed by atoms with Crippen molar-refractivity contribution >= 4 is 21.8 Å². The van der Waals surface area contributed by atoms with Crippen molar-refractivity contribution in [3.8, 4) is 0 Å². The molecule has 0 aromatic heterocycles. The molecule has 0 saturated carbocycles. The molecule has 110 valence electrons. The smallest absolute Gasteiger partial charge is 0.360 e. The maximum atomic E-state index is 12.7. The van der Waals surface area contributed by atoms with Gasteiger partial charge in [0.2, 0.25) is 0 Å². The molecule has 3 atom stereocenters. The van der Waals surface area contributed by atoms with Crippen LogP contribution in [0, 0.1) is 0 Å². The topological polar surface area (TPSA) is 82.6 Å². The van der Waals surface area contributed by atoms with Crippen molar-refractivity contribution in [3.63, 3.8) is 0 Å². The summed E-state index contributed by atoms with van der Waals surface area (Å²) in [5.74, 6) is -0.609. The van der Waals surface area contributed by atoms with Crippen LogP contribution in [-0.2, 0) is 15.6 Å². The molecule has 1 fully saturated rings. The predicted octanol–water partition coefficient (Wildman–Crippen LogP) is 1.98. The van der Waals surface area contributed by atoms with E-state index in [9.17, 15) is 9.00 Å². The van der Waals surface area contributed by atoms with E-state index in [4.69, 9.17) is 5.53 Å². The molecule has 0 unspecified atom stereocenters. The third-order valence-electron chi connectivity index (χ3n) is 3.58. The van der Waals surface area contributed by atoms with Gasteiger partial charge in [-0.2, -0.15) is 4.79 Å². The van der Waals surface area contributed by atoms with E-state index >= 15 is 0 Å². The van der Waals surface area contributed by atoms with E-state index in [1.165, 1.54) is 0 Å². The Labute approximate surface area is 130 Å². The summed E-state index contributed by atoms with van der Waals surface area (Å²) in [6.07, 6.45) is 0. The average Bonchev–Trinajstić information content (AvgIpc) is 2.56. The molecule has 1 aliphatic rings. The monoisotopic (exact) mass is 311 g/mol. The molecule has 2 aromatic rings. The van der Waals surface area contributed by atoms with E-state index < -0.39 is 28.0 Å². The van der Waals surface area contributed by atoms with Gasteiger partial charge in [-0.1, -0.05) is 60.7 Å². The molecule has 6 heteroatoms. The maximum Gasteiger partial charge on any atom is 0.443 e. The van der Waals surface area contributed by atoms with E-state index in [1.807, 2.05) is 60.7 Å². The van der Waals surface area contributed by atoms with Gasteiger partial charge < -0.3 is 10.8 Å². The minimum Gasteiger partial charge on any atom is -0.360 e. The van der Waals surface area contributed by atoms with Gasteiger partial charge >= 0.3 is 11.0 Å². The van der Waals surface area contributed by atoms with Crippen molar-refractivity contribution in [2.45, 2.75) is 11.3 Å². The van der Waals surface area contributed by atoms with Gasteiger partial charge in [-0.15, -0.1) is 0 Å². The number of carbonyl (C=O) groups is 1. The van der Waals surface area contributed by atoms with Gasteiger partial charge in [-0.05, 0) is 11.1 Å². The first-order valence-electron chi connectivity index (χ1n) is 6.75. The summed E-state index contributed by atoms with van der Waals surface area (Å²) < 4.78 is 12.7. The Kier molecular flexibility index (Phi) is 3.96. The second-order valence-corrected chi connectivity index (χ2v) is 6.39. The van der Waals surface area contributed by atoms with E-state index in [2.05, 4.69) is 10.1 Å². The van der Waals surface area contributed by atoms with Crippen LogP contribution in [0.4, 0.5) is 0 Å². The Morgan fingerprint density at radius 3 is 2.05 bits per heavy atom. The molecular formula is C16H13N3O2S. The fourth-order valence-corrected chi connectivity index (χ4v) is 4.02. The zero-order chi connectivity index (χ0) is 15.5. The van der Waals surface area contributed by atoms with Gasteiger partial charge in [-0.25, -0.2) is 4.21 Å². The van der Waals surface area contributed by atoms with Crippen LogP contribution < -0.4 is 5.32 Å². The molecule has 0 aliphatic carbocycles. The highest BCUT2D eigenvalue weighted by molar-refractivity contribution is 8.02. The first kappa shape index (κ1) is 14.4. The summed E-state index contributed by atoms with van der Waals surface area (Å²) in [4.78, 5) is 14.9. The van der Waals surface area contributed by atoms with Gasteiger partial charge in [0.25, 0.3) is 0 Å². The van der Waals surface area contributed by atoms with E-state index in [-0.39, 0.29) is 5.04 Å². The molecule has 1 saturated heterocycles. The highest BCUT2D eigenvalue weighted by atomic mass is 32.2. The van der Waals surface area contributed by atoms with Crippen molar-refractivity contribution in [1.82, 2.24) is 5.32 Å². The number of benzene rings is 2. The summed E-state index contributed by atoms with van der Waals surface area (Å²) in [7, 11) is -1.74. The molecule has 2 aromatic carbocycles. The molecule has 0 radical (unpaired) electrons. The van der Waals surface area contributed by atoms with E-state index in [0.29, 0.717) is 0 Å². The summed E-state index contributed by atoms with van der Waals surface area (Å²) in [6, 6.07) is 18.2. The fraction of sp³-hybridized carbons (Fsp3) is 0.125. The minimum atomic E-state index is -1.74. The maximum absolute atomic E-state index is 12.7. The molecule has 22 heavy (non-hydrogen) atoms. The number of nitrogens with one attached hydrogen (secondary N) is 1. The Hall–Kier alpha value is -2.56. The molecular weight excluding hydrogens is 298 g/mol. The van der Waals surface area contributed by atoms with Crippen molar-refractivity contribution in [1.29, 1.82) is 0 Å². The van der Waals surface area contributed by atoms with Crippen LogP contribution in [0.1, 0.15) is 22.4 Å². The lowest BCUT2D eigenvalue weighted by atomic mass is 9.98. The Morgan fingerprint density at radius 2 is 1.50 bits per heavy atom. The summed E-state index contributed by atoms with van der Waals surface area (Å²) in [5.41, 5.74) is 10.7. The number of rotatable bonds is 2. The predicted molar refractivity (Wildman–Crippen MR) is 83.3 cm³/mol. The van der Waals surface area contributed by atoms with Crippen molar-refractivity contribution < 1.29 is 13.8 Å². The Bertz CT molecular complexity index is 770. The number of hydrogen-bond acceptors (Lipinski definition) is 2. The SMILES string of the molecule is [N-]=[N+]=C1C(=O)N[C@@H](c2ccccc2)[C@@H](c2ccccc2)[S@@]1=O. The molecule has 1 heterocycles. The second-order valence-electron chi connectivity index (χ2n) is 4.90. The Morgan fingerprint density at radius 1 is 0.955 bits per heavy atom. The third-order valence-corrected chi connectivity index (χ3v) is 5.24. The average molecular weight is 311 g/mol. The molecule has 3 rings (SSSR count). The van der Waals surface area contributed by atoms with Crippen LogP contribution in [0.15, 0.2) is 60.7 Å². The zero-order valence-electron chi connectivity index (χ0n) is 11.5. The van der Waals surface area contributed by atoms with Crippen LogP contribution in [0.3, 0.4) is 0 Å². The number of hydrogen-bond donors (Lipinski definition) is 1. The van der Waals surface area contributed by atoms with Crippen LogP contribution in [0.25, 0.3) is 5.53 Å². The molecule has 1 N–H and O–H groups in total. The van der Waals surface area contributed by atoms with Gasteiger partial charge in [-0.3, -0.25) is 4.79 Å². The number of amides is 1. The molecule has 0 spiro atoms. The summed E-state index contributed by atoms with van der Waals surface area (Å²) in [5, 5.41) is 1.94. The lowest BCUT2D eigenvalue weighted by Crippen LogP contribution is -2.47. The van der Waals surface area contributed by atoms with Crippen LogP contribution in [-0.4, -0.2) is 19.9 Å². The third kappa shape index (κ3) is 2.50. The number of nitrogens with zero attached hydrogens (tertiary/aromatic N) is 2. The first-order valence-corrected chi connectivity index (χ1v) is 7.97. The van der Waals surface area contributed by atoms with E-state index in [0.717, 1.165) is 11.1 Å². The highest BCUT2D eigenvalue weighted by Crippen LogP contribution is 2.36.